The summed E-state index contributed by atoms with van der Waals surface area (Å²) in [7, 11) is 0. The molecule has 1 aromatic heterocycles. The number of rotatable bonds is 5. The lowest BCUT2D eigenvalue weighted by atomic mass is 10.1. The molecule has 148 valence electrons. The Morgan fingerprint density at radius 2 is 2.03 bits per heavy atom. The smallest absolute Gasteiger partial charge is 0.255 e. The third-order valence-electron chi connectivity index (χ3n) is 4.76. The van der Waals surface area contributed by atoms with E-state index >= 15 is 0 Å². The van der Waals surface area contributed by atoms with Gasteiger partial charge in [-0.25, -0.2) is 0 Å². The minimum atomic E-state index is -0.209. The molecular formula is C22H19ClN2O3S. The number of nitrogens with one attached hydrogen (secondary N) is 1. The monoisotopic (exact) mass is 426 g/mol. The molecule has 0 saturated carbocycles. The van der Waals surface area contributed by atoms with Crippen molar-refractivity contribution in [2.45, 2.75) is 18.8 Å². The van der Waals surface area contributed by atoms with Crippen LogP contribution in [0.15, 0.2) is 65.3 Å². The van der Waals surface area contributed by atoms with Crippen LogP contribution in [0.3, 0.4) is 0 Å². The van der Waals surface area contributed by atoms with E-state index in [0.29, 0.717) is 28.6 Å². The van der Waals surface area contributed by atoms with E-state index in [1.54, 1.807) is 41.1 Å². The average Bonchev–Trinajstić information content (AvgIpc) is 3.36. The first-order chi connectivity index (χ1) is 14.0. The predicted octanol–water partition coefficient (Wildman–Crippen LogP) is 5.27. The largest absolute Gasteiger partial charge is 0.467 e. The molecule has 4 rings (SSSR count). The molecular weight excluding hydrogens is 408 g/mol. The highest BCUT2D eigenvalue weighted by Gasteiger charge is 2.33. The Labute approximate surface area is 178 Å². The zero-order valence-electron chi connectivity index (χ0n) is 15.7. The summed E-state index contributed by atoms with van der Waals surface area (Å²) in [5.74, 6) is 1.05. The first kappa shape index (κ1) is 19.6. The van der Waals surface area contributed by atoms with Crippen molar-refractivity contribution >= 4 is 40.9 Å². The van der Waals surface area contributed by atoms with Gasteiger partial charge in [0.05, 0.1) is 18.6 Å². The van der Waals surface area contributed by atoms with Crippen molar-refractivity contribution in [1.29, 1.82) is 0 Å². The number of carbonyl (C=O) groups is 2. The third kappa shape index (κ3) is 4.33. The molecule has 0 radical (unpaired) electrons. The summed E-state index contributed by atoms with van der Waals surface area (Å²) in [6.07, 6.45) is 1.60. The maximum absolute atomic E-state index is 12.5. The number of nitrogens with zero attached hydrogens (tertiary/aromatic N) is 1. The van der Waals surface area contributed by atoms with Gasteiger partial charge in [0, 0.05) is 16.3 Å². The lowest BCUT2D eigenvalue weighted by Gasteiger charge is -2.23. The van der Waals surface area contributed by atoms with Crippen LogP contribution in [0.1, 0.15) is 32.6 Å². The number of benzene rings is 2. The number of halogens is 1. The summed E-state index contributed by atoms with van der Waals surface area (Å²) >= 11 is 7.69. The molecule has 2 amide bonds. The van der Waals surface area contributed by atoms with Gasteiger partial charge in [-0.3, -0.25) is 9.59 Å². The van der Waals surface area contributed by atoms with Crippen molar-refractivity contribution in [2.24, 2.45) is 0 Å². The van der Waals surface area contributed by atoms with E-state index < -0.39 is 0 Å². The number of aryl methyl sites for hydroxylation is 1. The molecule has 7 heteroatoms. The summed E-state index contributed by atoms with van der Waals surface area (Å²) in [5.41, 5.74) is 3.12. The molecule has 0 bridgehead atoms. The fourth-order valence-electron chi connectivity index (χ4n) is 3.14. The highest BCUT2D eigenvalue weighted by atomic mass is 35.5. The SMILES string of the molecule is Cc1ccc(NC(=O)c2ccc([C@@H]3SCC(=O)N3Cc3ccco3)cc2)cc1Cl. The van der Waals surface area contributed by atoms with Crippen LogP contribution in [0, 0.1) is 6.92 Å². The van der Waals surface area contributed by atoms with Crippen LogP contribution < -0.4 is 5.32 Å². The molecule has 2 heterocycles. The summed E-state index contributed by atoms with van der Waals surface area (Å²) in [4.78, 5) is 26.6. The lowest BCUT2D eigenvalue weighted by Crippen LogP contribution is -2.27. The molecule has 0 aliphatic carbocycles. The van der Waals surface area contributed by atoms with Crippen LogP contribution in [0.2, 0.25) is 5.02 Å². The minimum Gasteiger partial charge on any atom is -0.467 e. The quantitative estimate of drug-likeness (QED) is 0.603. The van der Waals surface area contributed by atoms with Gasteiger partial charge in [-0.1, -0.05) is 29.8 Å². The van der Waals surface area contributed by atoms with Crippen LogP contribution in [0.5, 0.6) is 0 Å². The molecule has 1 aliphatic rings. The Bertz CT molecular complexity index is 1030. The molecule has 3 aromatic rings. The Kier molecular flexibility index (Phi) is 5.65. The van der Waals surface area contributed by atoms with E-state index in [0.717, 1.165) is 16.9 Å². The van der Waals surface area contributed by atoms with E-state index in [1.807, 2.05) is 43.3 Å². The molecule has 1 fully saturated rings. The third-order valence-corrected chi connectivity index (χ3v) is 6.43. The van der Waals surface area contributed by atoms with Crippen LogP contribution in [0.4, 0.5) is 5.69 Å². The molecule has 0 spiro atoms. The van der Waals surface area contributed by atoms with Gasteiger partial charge in [0.25, 0.3) is 5.91 Å². The topological polar surface area (TPSA) is 62.6 Å². The zero-order chi connectivity index (χ0) is 20.4. The second kappa shape index (κ2) is 8.35. The average molecular weight is 427 g/mol. The molecule has 5 nitrogen and oxygen atoms in total. The lowest BCUT2D eigenvalue weighted by molar-refractivity contribution is -0.128. The van der Waals surface area contributed by atoms with Gasteiger partial charge < -0.3 is 14.6 Å². The summed E-state index contributed by atoms with van der Waals surface area (Å²) in [5, 5.41) is 3.37. The van der Waals surface area contributed by atoms with Crippen LogP contribution in [-0.4, -0.2) is 22.5 Å². The van der Waals surface area contributed by atoms with Crippen molar-refractivity contribution < 1.29 is 14.0 Å². The van der Waals surface area contributed by atoms with Gasteiger partial charge in [0.15, 0.2) is 0 Å². The number of hydrogen-bond donors (Lipinski definition) is 1. The Balaban J connectivity index is 1.47. The van der Waals surface area contributed by atoms with E-state index in [4.69, 9.17) is 16.0 Å². The zero-order valence-corrected chi connectivity index (χ0v) is 17.3. The van der Waals surface area contributed by atoms with Crippen LogP contribution in [0.25, 0.3) is 0 Å². The molecule has 1 aliphatic heterocycles. The molecule has 1 atom stereocenters. The molecule has 1 N–H and O–H groups in total. The van der Waals surface area contributed by atoms with E-state index in [-0.39, 0.29) is 17.2 Å². The van der Waals surface area contributed by atoms with Gasteiger partial charge in [-0.2, -0.15) is 0 Å². The Morgan fingerprint density at radius 1 is 1.24 bits per heavy atom. The van der Waals surface area contributed by atoms with Gasteiger partial charge in [0.1, 0.15) is 11.1 Å². The fourth-order valence-corrected chi connectivity index (χ4v) is 4.51. The van der Waals surface area contributed by atoms with Crippen molar-refractivity contribution in [3.8, 4) is 0 Å². The maximum atomic E-state index is 12.5. The number of anilines is 1. The summed E-state index contributed by atoms with van der Waals surface area (Å²) in [6.45, 7) is 2.34. The van der Waals surface area contributed by atoms with E-state index in [1.165, 1.54) is 0 Å². The first-order valence-corrected chi connectivity index (χ1v) is 10.5. The second-order valence-corrected chi connectivity index (χ2v) is 8.28. The Hall–Kier alpha value is -2.70. The number of amides is 2. The van der Waals surface area contributed by atoms with Gasteiger partial charge >= 0.3 is 0 Å². The number of hydrogen-bond acceptors (Lipinski definition) is 4. The number of furan rings is 1. The van der Waals surface area contributed by atoms with Crippen LogP contribution >= 0.6 is 23.4 Å². The normalized spacial score (nSPS) is 16.3. The number of thioether (sulfide) groups is 1. The van der Waals surface area contributed by atoms with E-state index in [2.05, 4.69) is 5.32 Å². The minimum absolute atomic E-state index is 0.0782. The van der Waals surface area contributed by atoms with E-state index in [9.17, 15) is 9.59 Å². The summed E-state index contributed by atoms with van der Waals surface area (Å²) < 4.78 is 5.39. The second-order valence-electron chi connectivity index (χ2n) is 6.80. The highest BCUT2D eigenvalue weighted by molar-refractivity contribution is 8.00. The van der Waals surface area contributed by atoms with Gasteiger partial charge in [0.2, 0.25) is 5.91 Å². The Morgan fingerprint density at radius 3 is 2.72 bits per heavy atom. The van der Waals surface area contributed by atoms with Crippen molar-refractivity contribution in [3.63, 3.8) is 0 Å². The molecule has 29 heavy (non-hydrogen) atoms. The fraction of sp³-hybridized carbons (Fsp3) is 0.182. The van der Waals surface area contributed by atoms with Crippen LogP contribution in [-0.2, 0) is 11.3 Å². The molecule has 1 saturated heterocycles. The van der Waals surface area contributed by atoms with Crippen molar-refractivity contribution in [2.75, 3.05) is 11.1 Å². The van der Waals surface area contributed by atoms with Crippen molar-refractivity contribution in [1.82, 2.24) is 4.90 Å². The highest BCUT2D eigenvalue weighted by Crippen LogP contribution is 2.39. The molecule has 2 aromatic carbocycles. The van der Waals surface area contributed by atoms with Crippen molar-refractivity contribution in [3.05, 3.63) is 88.3 Å². The molecule has 0 unspecified atom stereocenters. The predicted molar refractivity (Wildman–Crippen MR) is 115 cm³/mol. The summed E-state index contributed by atoms with van der Waals surface area (Å²) in [6, 6.07) is 16.4. The van der Waals surface area contributed by atoms with Gasteiger partial charge in [-0.05, 0) is 54.4 Å². The standard InChI is InChI=1S/C22H19ClN2O3S/c1-14-4-9-17(11-19(14)23)24-21(27)15-5-7-16(8-6-15)22-25(20(26)13-29-22)12-18-3-2-10-28-18/h2-11,22H,12-13H2,1H3,(H,24,27)/t22-/m0/s1. The first-order valence-electron chi connectivity index (χ1n) is 9.12. The van der Waals surface area contributed by atoms with Gasteiger partial charge in [-0.15, -0.1) is 11.8 Å². The number of carbonyl (C=O) groups excluding carboxylic acids is 2. The maximum Gasteiger partial charge on any atom is 0.255 e.